The van der Waals surface area contributed by atoms with Crippen LogP contribution >= 0.6 is 0 Å². The molecule has 1 aromatic rings. The number of hydrogen-bond donors (Lipinski definition) is 2. The molecule has 4 nitrogen and oxygen atoms in total. The first-order chi connectivity index (χ1) is 8.45. The molecule has 1 unspecified atom stereocenters. The molecule has 0 spiro atoms. The Morgan fingerprint density at radius 1 is 1.35 bits per heavy atom. The van der Waals surface area contributed by atoms with Crippen LogP contribution in [0.15, 0.2) is 18.7 Å². The Morgan fingerprint density at radius 2 is 2.35 bits per heavy atom. The van der Waals surface area contributed by atoms with Crippen LogP contribution < -0.4 is 10.6 Å². The van der Waals surface area contributed by atoms with Crippen molar-refractivity contribution in [3.05, 3.63) is 18.7 Å². The predicted octanol–water partition coefficient (Wildman–Crippen LogP) is 1.39. The summed E-state index contributed by atoms with van der Waals surface area (Å²) in [6.07, 6.45) is 12.3. The Balaban J connectivity index is 1.43. The molecule has 0 amide bonds. The summed E-state index contributed by atoms with van der Waals surface area (Å²) in [5, 5.41) is 7.11. The van der Waals surface area contributed by atoms with Gasteiger partial charge in [-0.15, -0.1) is 0 Å². The van der Waals surface area contributed by atoms with Gasteiger partial charge >= 0.3 is 0 Å². The number of aryl methyl sites for hydroxylation is 1. The zero-order valence-corrected chi connectivity index (χ0v) is 10.6. The van der Waals surface area contributed by atoms with E-state index in [1.165, 1.54) is 38.6 Å². The molecular weight excluding hydrogens is 212 g/mol. The minimum atomic E-state index is 0.706. The van der Waals surface area contributed by atoms with Gasteiger partial charge in [-0.1, -0.05) is 6.42 Å². The van der Waals surface area contributed by atoms with Crippen LogP contribution in [0.4, 0.5) is 0 Å². The molecule has 2 N–H and O–H groups in total. The van der Waals surface area contributed by atoms with Crippen molar-refractivity contribution in [1.29, 1.82) is 0 Å². The van der Waals surface area contributed by atoms with Crippen LogP contribution in [0.1, 0.15) is 32.1 Å². The molecule has 1 aliphatic rings. The van der Waals surface area contributed by atoms with Gasteiger partial charge in [0, 0.05) is 31.5 Å². The number of rotatable bonds is 7. The lowest BCUT2D eigenvalue weighted by molar-refractivity contribution is 0.381. The Labute approximate surface area is 104 Å². The number of aromatic nitrogens is 2. The lowest BCUT2D eigenvalue weighted by Gasteiger charge is -2.23. The van der Waals surface area contributed by atoms with Crippen molar-refractivity contribution in [1.82, 2.24) is 20.2 Å². The molecule has 2 rings (SSSR count). The van der Waals surface area contributed by atoms with E-state index in [0.717, 1.165) is 19.6 Å². The summed E-state index contributed by atoms with van der Waals surface area (Å²) < 4.78 is 2.14. The molecule has 17 heavy (non-hydrogen) atoms. The van der Waals surface area contributed by atoms with E-state index in [1.807, 2.05) is 18.7 Å². The van der Waals surface area contributed by atoms with Crippen LogP contribution in [0.3, 0.4) is 0 Å². The normalized spacial score (nSPS) is 20.6. The van der Waals surface area contributed by atoms with Crippen molar-refractivity contribution in [2.75, 3.05) is 19.6 Å². The summed E-state index contributed by atoms with van der Waals surface area (Å²) in [6, 6.07) is 0.706. The van der Waals surface area contributed by atoms with Crippen LogP contribution in [0.2, 0.25) is 0 Å². The maximum atomic E-state index is 4.04. The Hall–Kier alpha value is -0.870. The van der Waals surface area contributed by atoms with Gasteiger partial charge in [0.2, 0.25) is 0 Å². The van der Waals surface area contributed by atoms with Crippen molar-refractivity contribution < 1.29 is 0 Å². The second-order valence-electron chi connectivity index (χ2n) is 4.86. The Morgan fingerprint density at radius 3 is 3.12 bits per heavy atom. The minimum Gasteiger partial charge on any atom is -0.337 e. The van der Waals surface area contributed by atoms with Crippen molar-refractivity contribution >= 4 is 0 Å². The van der Waals surface area contributed by atoms with E-state index in [2.05, 4.69) is 20.2 Å². The highest BCUT2D eigenvalue weighted by Crippen LogP contribution is 2.05. The first kappa shape index (κ1) is 12.6. The highest BCUT2D eigenvalue weighted by molar-refractivity contribution is 4.75. The molecule has 0 bridgehead atoms. The zero-order valence-electron chi connectivity index (χ0n) is 10.6. The molecule has 0 aliphatic carbocycles. The average Bonchev–Trinajstić information content (AvgIpc) is 2.88. The highest BCUT2D eigenvalue weighted by Gasteiger charge is 2.10. The monoisotopic (exact) mass is 236 g/mol. The molecule has 1 fully saturated rings. The second-order valence-corrected chi connectivity index (χ2v) is 4.86. The second kappa shape index (κ2) is 7.45. The molecule has 4 heteroatoms. The van der Waals surface area contributed by atoms with Gasteiger partial charge in [-0.25, -0.2) is 4.98 Å². The third-order valence-electron chi connectivity index (χ3n) is 3.38. The first-order valence-corrected chi connectivity index (χ1v) is 6.85. The summed E-state index contributed by atoms with van der Waals surface area (Å²) in [5.41, 5.74) is 0. The molecule has 2 heterocycles. The summed E-state index contributed by atoms with van der Waals surface area (Å²) in [5.74, 6) is 0. The number of unbranched alkanes of at least 4 members (excludes halogenated alkanes) is 1. The molecule has 0 saturated carbocycles. The smallest absolute Gasteiger partial charge is 0.0945 e. The lowest BCUT2D eigenvalue weighted by Crippen LogP contribution is -2.41. The van der Waals surface area contributed by atoms with Crippen LogP contribution in [0.5, 0.6) is 0 Å². The predicted molar refractivity (Wildman–Crippen MR) is 70.0 cm³/mol. The maximum Gasteiger partial charge on any atom is 0.0945 e. The number of imidazole rings is 1. The van der Waals surface area contributed by atoms with Crippen LogP contribution in [0.25, 0.3) is 0 Å². The number of nitrogens with zero attached hydrogens (tertiary/aromatic N) is 2. The number of nitrogens with one attached hydrogen (secondary N) is 2. The Kier molecular flexibility index (Phi) is 5.52. The minimum absolute atomic E-state index is 0.706. The average molecular weight is 236 g/mol. The van der Waals surface area contributed by atoms with Crippen molar-refractivity contribution in [3.8, 4) is 0 Å². The quantitative estimate of drug-likeness (QED) is 0.703. The Bertz CT molecular complexity index is 278. The van der Waals surface area contributed by atoms with E-state index in [0.29, 0.717) is 6.04 Å². The molecule has 1 aliphatic heterocycles. The number of hydrogen-bond acceptors (Lipinski definition) is 3. The SMILES string of the molecule is c1cn(CCCCNCC2CCCCN2)cn1. The van der Waals surface area contributed by atoms with Gasteiger partial charge in [0.05, 0.1) is 6.33 Å². The summed E-state index contributed by atoms with van der Waals surface area (Å²) in [4.78, 5) is 4.04. The van der Waals surface area contributed by atoms with Gasteiger partial charge in [0.15, 0.2) is 0 Å². The molecular formula is C13H24N4. The fourth-order valence-electron chi connectivity index (χ4n) is 2.34. The summed E-state index contributed by atoms with van der Waals surface area (Å²) in [7, 11) is 0. The van der Waals surface area contributed by atoms with Gasteiger partial charge in [0.1, 0.15) is 0 Å². The van der Waals surface area contributed by atoms with Gasteiger partial charge in [0.25, 0.3) is 0 Å². The van der Waals surface area contributed by atoms with E-state index in [9.17, 15) is 0 Å². The highest BCUT2D eigenvalue weighted by atomic mass is 15.0. The fraction of sp³-hybridized carbons (Fsp3) is 0.769. The number of piperidine rings is 1. The third kappa shape index (κ3) is 4.88. The lowest BCUT2D eigenvalue weighted by atomic mass is 10.1. The third-order valence-corrected chi connectivity index (χ3v) is 3.38. The van der Waals surface area contributed by atoms with E-state index in [-0.39, 0.29) is 0 Å². The van der Waals surface area contributed by atoms with E-state index in [4.69, 9.17) is 0 Å². The molecule has 96 valence electrons. The van der Waals surface area contributed by atoms with Gasteiger partial charge in [-0.3, -0.25) is 0 Å². The largest absolute Gasteiger partial charge is 0.337 e. The van der Waals surface area contributed by atoms with Crippen molar-refractivity contribution in [3.63, 3.8) is 0 Å². The fourth-order valence-corrected chi connectivity index (χ4v) is 2.34. The van der Waals surface area contributed by atoms with Gasteiger partial charge in [-0.05, 0) is 38.8 Å². The standard InChI is InChI=1S/C13H24N4/c1-2-7-16-13(5-1)11-14-6-3-4-9-17-10-8-15-12-17/h8,10,12-14,16H,1-7,9,11H2. The van der Waals surface area contributed by atoms with E-state index >= 15 is 0 Å². The zero-order chi connectivity index (χ0) is 11.8. The van der Waals surface area contributed by atoms with E-state index in [1.54, 1.807) is 0 Å². The van der Waals surface area contributed by atoms with Crippen molar-refractivity contribution in [2.24, 2.45) is 0 Å². The molecule has 1 saturated heterocycles. The summed E-state index contributed by atoms with van der Waals surface area (Å²) in [6.45, 7) is 4.55. The summed E-state index contributed by atoms with van der Waals surface area (Å²) >= 11 is 0. The van der Waals surface area contributed by atoms with Gasteiger partial charge < -0.3 is 15.2 Å². The molecule has 0 aromatic carbocycles. The van der Waals surface area contributed by atoms with E-state index < -0.39 is 0 Å². The van der Waals surface area contributed by atoms with Crippen LogP contribution in [-0.4, -0.2) is 35.2 Å². The maximum absolute atomic E-state index is 4.04. The first-order valence-electron chi connectivity index (χ1n) is 6.85. The van der Waals surface area contributed by atoms with Crippen molar-refractivity contribution in [2.45, 2.75) is 44.7 Å². The molecule has 0 radical (unpaired) electrons. The van der Waals surface area contributed by atoms with Gasteiger partial charge in [-0.2, -0.15) is 0 Å². The van der Waals surface area contributed by atoms with Crippen LogP contribution in [-0.2, 0) is 6.54 Å². The molecule has 1 atom stereocenters. The van der Waals surface area contributed by atoms with Crippen LogP contribution in [0, 0.1) is 0 Å². The molecule has 1 aromatic heterocycles. The topological polar surface area (TPSA) is 41.9 Å².